The van der Waals surface area contributed by atoms with Crippen molar-refractivity contribution in [3.05, 3.63) is 34.9 Å². The summed E-state index contributed by atoms with van der Waals surface area (Å²) in [5.41, 5.74) is 2.78. The Morgan fingerprint density at radius 2 is 2.25 bits per heavy atom. The zero-order chi connectivity index (χ0) is 15.0. The molecule has 0 radical (unpaired) electrons. The van der Waals surface area contributed by atoms with Gasteiger partial charge >= 0.3 is 0 Å². The number of carbonyl (C=O) groups excluding carboxylic acids is 1. The largest absolute Gasteiger partial charge is 0.383 e. The van der Waals surface area contributed by atoms with Crippen molar-refractivity contribution in [2.75, 3.05) is 20.3 Å². The van der Waals surface area contributed by atoms with Gasteiger partial charge in [0.05, 0.1) is 24.3 Å². The average Bonchev–Trinajstić information content (AvgIpc) is 2.45. The lowest BCUT2D eigenvalue weighted by Crippen LogP contribution is -2.42. The van der Waals surface area contributed by atoms with Crippen LogP contribution in [0.15, 0.2) is 18.2 Å². The third kappa shape index (κ3) is 5.00. The minimum absolute atomic E-state index is 0.0478. The predicted molar refractivity (Wildman–Crippen MR) is 77.1 cm³/mol. The molecule has 1 atom stereocenters. The number of aryl methyl sites for hydroxylation is 1. The van der Waals surface area contributed by atoms with Gasteiger partial charge in [-0.15, -0.1) is 0 Å². The van der Waals surface area contributed by atoms with Crippen LogP contribution >= 0.6 is 0 Å². The summed E-state index contributed by atoms with van der Waals surface area (Å²) < 4.78 is 4.88. The van der Waals surface area contributed by atoms with Crippen LogP contribution in [0.25, 0.3) is 0 Å². The van der Waals surface area contributed by atoms with E-state index in [1.165, 1.54) is 0 Å². The molecule has 20 heavy (non-hydrogen) atoms. The van der Waals surface area contributed by atoms with Gasteiger partial charge in [-0.25, -0.2) is 0 Å². The van der Waals surface area contributed by atoms with Crippen molar-refractivity contribution >= 4 is 5.91 Å². The normalized spacial score (nSPS) is 11.7. The second kappa shape index (κ2) is 8.31. The molecule has 1 rings (SSSR count). The lowest BCUT2D eigenvalue weighted by atomic mass is 10.1. The van der Waals surface area contributed by atoms with E-state index in [0.717, 1.165) is 11.1 Å². The predicted octanol–water partition coefficient (Wildman–Crippen LogP) is 1.11. The SMILES string of the molecule is COCCNC(=O)C(C)NCc1ccc(C#N)cc1C. The number of ether oxygens (including phenoxy) is 1. The Morgan fingerprint density at radius 1 is 1.50 bits per heavy atom. The van der Waals surface area contributed by atoms with Gasteiger partial charge in [0, 0.05) is 20.2 Å². The Hall–Kier alpha value is -1.90. The molecule has 1 unspecified atom stereocenters. The van der Waals surface area contributed by atoms with Crippen LogP contribution in [0.4, 0.5) is 0 Å². The quantitative estimate of drug-likeness (QED) is 0.731. The second-order valence-corrected chi connectivity index (χ2v) is 4.64. The molecule has 0 saturated carbocycles. The molecule has 108 valence electrons. The first-order valence-corrected chi connectivity index (χ1v) is 6.58. The van der Waals surface area contributed by atoms with Crippen LogP contribution < -0.4 is 10.6 Å². The van der Waals surface area contributed by atoms with Crippen molar-refractivity contribution in [3.8, 4) is 6.07 Å². The Labute approximate surface area is 119 Å². The first-order chi connectivity index (χ1) is 9.58. The Balaban J connectivity index is 2.46. The highest BCUT2D eigenvalue weighted by Crippen LogP contribution is 2.10. The summed E-state index contributed by atoms with van der Waals surface area (Å²) in [5.74, 6) is -0.0478. The van der Waals surface area contributed by atoms with E-state index in [-0.39, 0.29) is 11.9 Å². The van der Waals surface area contributed by atoms with E-state index in [0.29, 0.717) is 25.3 Å². The number of methoxy groups -OCH3 is 1. The zero-order valence-corrected chi connectivity index (χ0v) is 12.2. The molecular formula is C15H21N3O2. The molecule has 0 aromatic heterocycles. The van der Waals surface area contributed by atoms with Gasteiger partial charge in [-0.3, -0.25) is 4.79 Å². The molecule has 5 nitrogen and oxygen atoms in total. The standard InChI is InChI=1S/C15H21N3O2/c1-11-8-13(9-16)4-5-14(11)10-18-12(2)15(19)17-6-7-20-3/h4-5,8,12,18H,6-7,10H2,1-3H3,(H,17,19). The van der Waals surface area contributed by atoms with E-state index in [1.54, 1.807) is 13.2 Å². The van der Waals surface area contributed by atoms with Gasteiger partial charge in [-0.2, -0.15) is 5.26 Å². The number of amides is 1. The minimum atomic E-state index is -0.276. The fraction of sp³-hybridized carbons (Fsp3) is 0.467. The summed E-state index contributed by atoms with van der Waals surface area (Å²) in [6, 6.07) is 7.38. The lowest BCUT2D eigenvalue weighted by Gasteiger charge is -2.15. The molecular weight excluding hydrogens is 254 g/mol. The van der Waals surface area contributed by atoms with Gasteiger partial charge in [-0.1, -0.05) is 6.07 Å². The molecule has 5 heteroatoms. The van der Waals surface area contributed by atoms with E-state index < -0.39 is 0 Å². The topological polar surface area (TPSA) is 74.2 Å². The van der Waals surface area contributed by atoms with Gasteiger partial charge in [-0.05, 0) is 37.1 Å². The Bertz CT molecular complexity index is 494. The average molecular weight is 275 g/mol. The Morgan fingerprint density at radius 3 is 2.85 bits per heavy atom. The first-order valence-electron chi connectivity index (χ1n) is 6.58. The van der Waals surface area contributed by atoms with Crippen LogP contribution in [0.2, 0.25) is 0 Å². The number of benzene rings is 1. The highest BCUT2D eigenvalue weighted by Gasteiger charge is 2.11. The maximum atomic E-state index is 11.8. The van der Waals surface area contributed by atoms with Crippen molar-refractivity contribution in [2.45, 2.75) is 26.4 Å². The van der Waals surface area contributed by atoms with Crippen LogP contribution in [0.5, 0.6) is 0 Å². The van der Waals surface area contributed by atoms with Crippen LogP contribution in [0, 0.1) is 18.3 Å². The summed E-state index contributed by atoms with van der Waals surface area (Å²) in [6.45, 7) is 5.39. The van der Waals surface area contributed by atoms with E-state index in [2.05, 4.69) is 16.7 Å². The molecule has 0 aliphatic rings. The molecule has 0 saturated heterocycles. The summed E-state index contributed by atoms with van der Waals surface area (Å²) in [7, 11) is 1.60. The molecule has 1 aromatic rings. The molecule has 0 heterocycles. The van der Waals surface area contributed by atoms with E-state index >= 15 is 0 Å². The number of nitrogens with one attached hydrogen (secondary N) is 2. The van der Waals surface area contributed by atoms with Gasteiger partial charge < -0.3 is 15.4 Å². The first kappa shape index (κ1) is 16.2. The maximum Gasteiger partial charge on any atom is 0.236 e. The molecule has 0 bridgehead atoms. The lowest BCUT2D eigenvalue weighted by molar-refractivity contribution is -0.122. The summed E-state index contributed by atoms with van der Waals surface area (Å²) >= 11 is 0. The Kier molecular flexibility index (Phi) is 6.71. The molecule has 0 aliphatic carbocycles. The third-order valence-electron chi connectivity index (χ3n) is 3.07. The molecule has 0 aliphatic heterocycles. The molecule has 0 spiro atoms. The van der Waals surface area contributed by atoms with Gasteiger partial charge in [0.15, 0.2) is 0 Å². The van der Waals surface area contributed by atoms with Crippen LogP contribution in [0.1, 0.15) is 23.6 Å². The van der Waals surface area contributed by atoms with Crippen molar-refractivity contribution in [2.24, 2.45) is 0 Å². The molecule has 0 fully saturated rings. The minimum Gasteiger partial charge on any atom is -0.383 e. The number of nitrogens with zero attached hydrogens (tertiary/aromatic N) is 1. The van der Waals surface area contributed by atoms with Crippen molar-refractivity contribution in [1.29, 1.82) is 5.26 Å². The monoisotopic (exact) mass is 275 g/mol. The fourth-order valence-electron chi connectivity index (χ4n) is 1.75. The van der Waals surface area contributed by atoms with Crippen LogP contribution in [0.3, 0.4) is 0 Å². The van der Waals surface area contributed by atoms with Gasteiger partial charge in [0.25, 0.3) is 0 Å². The third-order valence-corrected chi connectivity index (χ3v) is 3.07. The number of carbonyl (C=O) groups is 1. The number of rotatable bonds is 7. The smallest absolute Gasteiger partial charge is 0.236 e. The van der Waals surface area contributed by atoms with Crippen molar-refractivity contribution in [3.63, 3.8) is 0 Å². The highest BCUT2D eigenvalue weighted by atomic mass is 16.5. The highest BCUT2D eigenvalue weighted by molar-refractivity contribution is 5.81. The summed E-state index contributed by atoms with van der Waals surface area (Å²) in [4.78, 5) is 11.8. The van der Waals surface area contributed by atoms with Gasteiger partial charge in [0.2, 0.25) is 5.91 Å². The van der Waals surface area contributed by atoms with Crippen molar-refractivity contribution < 1.29 is 9.53 Å². The molecule has 1 aromatic carbocycles. The van der Waals surface area contributed by atoms with Crippen LogP contribution in [-0.4, -0.2) is 32.2 Å². The maximum absolute atomic E-state index is 11.8. The molecule has 2 N–H and O–H groups in total. The number of hydrogen-bond donors (Lipinski definition) is 2. The zero-order valence-electron chi connectivity index (χ0n) is 12.2. The summed E-state index contributed by atoms with van der Waals surface area (Å²) in [5, 5.41) is 14.8. The van der Waals surface area contributed by atoms with E-state index in [1.807, 2.05) is 26.0 Å². The molecule has 1 amide bonds. The number of nitriles is 1. The van der Waals surface area contributed by atoms with Crippen molar-refractivity contribution in [1.82, 2.24) is 10.6 Å². The fourth-order valence-corrected chi connectivity index (χ4v) is 1.75. The second-order valence-electron chi connectivity index (χ2n) is 4.64. The van der Waals surface area contributed by atoms with E-state index in [4.69, 9.17) is 10.00 Å². The summed E-state index contributed by atoms with van der Waals surface area (Å²) in [6.07, 6.45) is 0. The van der Waals surface area contributed by atoms with Crippen LogP contribution in [-0.2, 0) is 16.1 Å². The number of hydrogen-bond acceptors (Lipinski definition) is 4. The van der Waals surface area contributed by atoms with E-state index in [9.17, 15) is 4.79 Å². The van der Waals surface area contributed by atoms with Gasteiger partial charge in [0.1, 0.15) is 0 Å².